The first-order valence-corrected chi connectivity index (χ1v) is 6.64. The molecule has 0 heterocycles. The van der Waals surface area contributed by atoms with Gasteiger partial charge in [-0.05, 0) is 25.7 Å². The van der Waals surface area contributed by atoms with Crippen molar-refractivity contribution in [1.82, 2.24) is 0 Å². The van der Waals surface area contributed by atoms with Crippen LogP contribution in [0.3, 0.4) is 0 Å². The van der Waals surface area contributed by atoms with E-state index in [1.54, 1.807) is 13.8 Å². The summed E-state index contributed by atoms with van der Waals surface area (Å²) in [4.78, 5) is 22.0. The molecule has 0 spiro atoms. The molecule has 0 saturated carbocycles. The van der Waals surface area contributed by atoms with Crippen molar-refractivity contribution in [3.8, 4) is 0 Å². The number of unbranched alkanes of at least 4 members (excludes halogenated alkanes) is 1. The Hall–Kier alpha value is -1.06. The topological polar surface area (TPSA) is 80.3 Å². The van der Waals surface area contributed by atoms with Crippen LogP contribution < -0.4 is 10.2 Å². The van der Waals surface area contributed by atoms with E-state index in [9.17, 15) is 19.8 Å². The number of rotatable bonds is 9. The molecule has 0 aliphatic heterocycles. The number of carbonyl (C=O) groups is 2. The highest BCUT2D eigenvalue weighted by Gasteiger charge is 2.25. The lowest BCUT2D eigenvalue weighted by Gasteiger charge is -2.32. The molecule has 0 rings (SSSR count). The molecule has 0 N–H and O–H groups in total. The monoisotopic (exact) mass is 256 g/mol. The second kappa shape index (κ2) is 6.76. The fourth-order valence-corrected chi connectivity index (χ4v) is 1.88. The normalized spacial score (nSPS) is 17.8. The fourth-order valence-electron chi connectivity index (χ4n) is 1.88. The molecule has 2 atom stereocenters. The number of hydrogen-bond acceptors (Lipinski definition) is 4. The van der Waals surface area contributed by atoms with Crippen LogP contribution in [0.5, 0.6) is 0 Å². The first-order valence-electron chi connectivity index (χ1n) is 6.64. The van der Waals surface area contributed by atoms with Gasteiger partial charge in [-0.1, -0.05) is 40.5 Å². The average Bonchev–Trinajstić information content (AvgIpc) is 2.33. The summed E-state index contributed by atoms with van der Waals surface area (Å²) in [7, 11) is 0. The fraction of sp³-hybridized carbons (Fsp3) is 0.857. The molecule has 0 aliphatic rings. The highest BCUT2D eigenvalue weighted by atomic mass is 16.4. The Balaban J connectivity index is 4.21. The van der Waals surface area contributed by atoms with Gasteiger partial charge in [0.2, 0.25) is 0 Å². The second-order valence-electron chi connectivity index (χ2n) is 5.61. The summed E-state index contributed by atoms with van der Waals surface area (Å²) >= 11 is 0. The zero-order chi connectivity index (χ0) is 14.4. The van der Waals surface area contributed by atoms with E-state index < -0.39 is 22.8 Å². The standard InChI is InChI=1S/C14H26O4/c1-5-13(3,11(15)16)9-7-8-10-14(4,6-2)12(17)18/h5-10H2,1-4H3,(H,15,16)(H,17,18)/p-2. The summed E-state index contributed by atoms with van der Waals surface area (Å²) < 4.78 is 0. The second-order valence-corrected chi connectivity index (χ2v) is 5.61. The maximum absolute atomic E-state index is 11.0. The van der Waals surface area contributed by atoms with Gasteiger partial charge in [0, 0.05) is 22.8 Å². The van der Waals surface area contributed by atoms with E-state index in [4.69, 9.17) is 0 Å². The van der Waals surface area contributed by atoms with E-state index in [-0.39, 0.29) is 0 Å². The molecular weight excluding hydrogens is 232 g/mol. The molecule has 4 heteroatoms. The average molecular weight is 256 g/mol. The Morgan fingerprint density at radius 2 is 1.11 bits per heavy atom. The van der Waals surface area contributed by atoms with Crippen LogP contribution >= 0.6 is 0 Å². The predicted molar refractivity (Wildman–Crippen MR) is 65.3 cm³/mol. The lowest BCUT2D eigenvalue weighted by molar-refractivity contribution is -0.320. The smallest absolute Gasteiger partial charge is 0.0473 e. The number of carboxylic acids is 2. The Morgan fingerprint density at radius 3 is 1.28 bits per heavy atom. The van der Waals surface area contributed by atoms with Crippen molar-refractivity contribution in [2.24, 2.45) is 10.8 Å². The van der Waals surface area contributed by atoms with Crippen LogP contribution in [0, 0.1) is 10.8 Å². The van der Waals surface area contributed by atoms with Gasteiger partial charge in [0.25, 0.3) is 0 Å². The summed E-state index contributed by atoms with van der Waals surface area (Å²) in [6.07, 6.45) is 3.50. The van der Waals surface area contributed by atoms with Gasteiger partial charge in [-0.2, -0.15) is 0 Å². The van der Waals surface area contributed by atoms with Gasteiger partial charge in [-0.25, -0.2) is 0 Å². The third-order valence-corrected chi connectivity index (χ3v) is 4.25. The van der Waals surface area contributed by atoms with Crippen molar-refractivity contribution >= 4 is 11.9 Å². The molecule has 0 radical (unpaired) electrons. The molecule has 0 aliphatic carbocycles. The Bertz CT molecular complexity index is 270. The Kier molecular flexibility index (Phi) is 6.36. The summed E-state index contributed by atoms with van der Waals surface area (Å²) in [6, 6.07) is 0. The quantitative estimate of drug-likeness (QED) is 0.573. The lowest BCUT2D eigenvalue weighted by Crippen LogP contribution is -2.40. The van der Waals surface area contributed by atoms with Gasteiger partial charge in [0.05, 0.1) is 0 Å². The van der Waals surface area contributed by atoms with E-state index in [0.29, 0.717) is 38.5 Å². The van der Waals surface area contributed by atoms with E-state index in [0.717, 1.165) is 0 Å². The van der Waals surface area contributed by atoms with Crippen LogP contribution in [0.2, 0.25) is 0 Å². The van der Waals surface area contributed by atoms with Crippen LogP contribution in [0.25, 0.3) is 0 Å². The van der Waals surface area contributed by atoms with Gasteiger partial charge in [0.1, 0.15) is 0 Å². The Morgan fingerprint density at radius 1 is 0.833 bits per heavy atom. The molecule has 0 saturated heterocycles. The summed E-state index contributed by atoms with van der Waals surface area (Å²) in [5, 5.41) is 22.0. The van der Waals surface area contributed by atoms with Gasteiger partial charge < -0.3 is 19.8 Å². The maximum Gasteiger partial charge on any atom is 0.0473 e. The number of carbonyl (C=O) groups excluding carboxylic acids is 2. The summed E-state index contributed by atoms with van der Waals surface area (Å²) in [5.74, 6) is -2.05. The minimum atomic E-state index is -1.02. The molecule has 4 nitrogen and oxygen atoms in total. The van der Waals surface area contributed by atoms with Gasteiger partial charge in [0.15, 0.2) is 0 Å². The molecule has 106 valence electrons. The van der Waals surface area contributed by atoms with Crippen molar-refractivity contribution in [2.75, 3.05) is 0 Å². The third kappa shape index (κ3) is 4.31. The Labute approximate surface area is 109 Å². The zero-order valence-electron chi connectivity index (χ0n) is 11.9. The number of hydrogen-bond donors (Lipinski definition) is 0. The van der Waals surface area contributed by atoms with E-state index in [1.165, 1.54) is 0 Å². The van der Waals surface area contributed by atoms with Crippen LogP contribution in [-0.4, -0.2) is 11.9 Å². The highest BCUT2D eigenvalue weighted by Crippen LogP contribution is 2.31. The molecule has 18 heavy (non-hydrogen) atoms. The largest absolute Gasteiger partial charge is 0.550 e. The number of carboxylic acid groups (broad SMARTS) is 2. The molecule has 0 fully saturated rings. The molecule has 0 amide bonds. The first-order chi connectivity index (χ1) is 8.22. The molecule has 0 aromatic heterocycles. The van der Waals surface area contributed by atoms with Gasteiger partial charge in [-0.3, -0.25) is 0 Å². The minimum Gasteiger partial charge on any atom is -0.550 e. The van der Waals surface area contributed by atoms with Crippen LogP contribution in [0.15, 0.2) is 0 Å². The molecular formula is C14H24O4-2. The maximum atomic E-state index is 11.0. The number of aliphatic carboxylic acids is 2. The van der Waals surface area contributed by atoms with Crippen molar-refractivity contribution in [3.63, 3.8) is 0 Å². The van der Waals surface area contributed by atoms with Crippen LogP contribution in [-0.2, 0) is 9.59 Å². The zero-order valence-corrected chi connectivity index (χ0v) is 11.9. The molecule has 0 aromatic rings. The van der Waals surface area contributed by atoms with Gasteiger partial charge in [-0.15, -0.1) is 0 Å². The molecule has 2 unspecified atom stereocenters. The summed E-state index contributed by atoms with van der Waals surface area (Å²) in [6.45, 7) is 7.01. The third-order valence-electron chi connectivity index (χ3n) is 4.25. The SMILES string of the molecule is CCC(C)(CCCCC(C)(CC)C(=O)[O-])C(=O)[O-]. The van der Waals surface area contributed by atoms with Crippen molar-refractivity contribution in [3.05, 3.63) is 0 Å². The van der Waals surface area contributed by atoms with E-state index in [1.807, 2.05) is 13.8 Å². The highest BCUT2D eigenvalue weighted by molar-refractivity contribution is 5.72. The van der Waals surface area contributed by atoms with Crippen LogP contribution in [0.1, 0.15) is 66.2 Å². The van der Waals surface area contributed by atoms with Crippen molar-refractivity contribution < 1.29 is 19.8 Å². The van der Waals surface area contributed by atoms with Crippen molar-refractivity contribution in [1.29, 1.82) is 0 Å². The minimum absolute atomic E-state index is 0.526. The summed E-state index contributed by atoms with van der Waals surface area (Å²) in [5.41, 5.74) is -1.60. The van der Waals surface area contributed by atoms with E-state index in [2.05, 4.69) is 0 Å². The molecule has 0 bridgehead atoms. The first kappa shape index (κ1) is 16.9. The van der Waals surface area contributed by atoms with Gasteiger partial charge >= 0.3 is 0 Å². The molecule has 0 aromatic carbocycles. The predicted octanol–water partition coefficient (Wildman–Crippen LogP) is 0.879. The van der Waals surface area contributed by atoms with E-state index >= 15 is 0 Å². The van der Waals surface area contributed by atoms with Crippen molar-refractivity contribution in [2.45, 2.75) is 66.2 Å². The van der Waals surface area contributed by atoms with Crippen LogP contribution in [0.4, 0.5) is 0 Å². The lowest BCUT2D eigenvalue weighted by atomic mass is 9.79.